The fourth-order valence-electron chi connectivity index (χ4n) is 2.59. The van der Waals surface area contributed by atoms with Crippen molar-refractivity contribution in [3.8, 4) is 11.3 Å². The molecule has 0 aliphatic heterocycles. The van der Waals surface area contributed by atoms with Crippen LogP contribution in [0.1, 0.15) is 24.7 Å². The highest BCUT2D eigenvalue weighted by molar-refractivity contribution is 5.82. The van der Waals surface area contributed by atoms with Crippen molar-refractivity contribution < 1.29 is 4.52 Å². The van der Waals surface area contributed by atoms with Gasteiger partial charge in [0.15, 0.2) is 11.6 Å². The molecule has 0 amide bonds. The van der Waals surface area contributed by atoms with Crippen molar-refractivity contribution in [1.29, 1.82) is 0 Å². The minimum atomic E-state index is 0.398. The minimum Gasteiger partial charge on any atom is -0.381 e. The van der Waals surface area contributed by atoms with E-state index in [0.29, 0.717) is 17.6 Å². The number of fused-ring (bicyclic) bond motifs is 1. The SMILES string of the molecule is Cc1nc2cc(-c3cc(N)no3)ccc2n1C1CC1. The third-order valence-electron chi connectivity index (χ3n) is 3.59. The Kier molecular flexibility index (Phi) is 2.01. The molecule has 1 aliphatic rings. The Morgan fingerprint density at radius 2 is 2.16 bits per heavy atom. The maximum Gasteiger partial charge on any atom is 0.169 e. The average molecular weight is 254 g/mol. The van der Waals surface area contributed by atoms with Gasteiger partial charge in [0.05, 0.1) is 11.0 Å². The molecule has 5 nitrogen and oxygen atoms in total. The second-order valence-electron chi connectivity index (χ2n) is 5.08. The number of aryl methyl sites for hydroxylation is 1. The quantitative estimate of drug-likeness (QED) is 0.763. The van der Waals surface area contributed by atoms with Crippen LogP contribution in [-0.2, 0) is 0 Å². The summed E-state index contributed by atoms with van der Waals surface area (Å²) in [5, 5.41) is 3.71. The molecule has 5 heteroatoms. The van der Waals surface area contributed by atoms with Gasteiger partial charge in [-0.25, -0.2) is 4.98 Å². The van der Waals surface area contributed by atoms with E-state index in [1.165, 1.54) is 18.4 Å². The Morgan fingerprint density at radius 3 is 2.84 bits per heavy atom. The predicted molar refractivity (Wildman–Crippen MR) is 72.7 cm³/mol. The summed E-state index contributed by atoms with van der Waals surface area (Å²) in [6.45, 7) is 2.06. The van der Waals surface area contributed by atoms with E-state index < -0.39 is 0 Å². The normalized spacial score (nSPS) is 15.2. The molecular formula is C14H14N4O. The molecule has 0 unspecified atom stereocenters. The Bertz CT molecular complexity index is 767. The number of nitrogen functional groups attached to an aromatic ring is 1. The summed E-state index contributed by atoms with van der Waals surface area (Å²) in [6, 6.07) is 8.52. The van der Waals surface area contributed by atoms with Crippen LogP contribution in [0.15, 0.2) is 28.8 Å². The first-order chi connectivity index (χ1) is 9.22. The summed E-state index contributed by atoms with van der Waals surface area (Å²) >= 11 is 0. The van der Waals surface area contributed by atoms with Gasteiger partial charge in [-0.2, -0.15) is 0 Å². The number of imidazole rings is 1. The van der Waals surface area contributed by atoms with E-state index in [1.54, 1.807) is 6.07 Å². The Balaban J connectivity index is 1.88. The van der Waals surface area contributed by atoms with Crippen LogP contribution in [0.4, 0.5) is 5.82 Å². The maximum absolute atomic E-state index is 5.58. The first kappa shape index (κ1) is 10.6. The zero-order valence-electron chi connectivity index (χ0n) is 10.6. The van der Waals surface area contributed by atoms with E-state index in [0.717, 1.165) is 16.9 Å². The summed E-state index contributed by atoms with van der Waals surface area (Å²) in [4.78, 5) is 4.64. The van der Waals surface area contributed by atoms with Crippen molar-refractivity contribution in [1.82, 2.24) is 14.7 Å². The first-order valence-corrected chi connectivity index (χ1v) is 6.43. The molecule has 1 aromatic carbocycles. The van der Waals surface area contributed by atoms with Crippen molar-refractivity contribution in [2.75, 3.05) is 5.73 Å². The highest BCUT2D eigenvalue weighted by Crippen LogP contribution is 2.39. The molecule has 0 atom stereocenters. The molecule has 0 saturated heterocycles. The summed E-state index contributed by atoms with van der Waals surface area (Å²) in [5.41, 5.74) is 8.72. The molecule has 0 spiro atoms. The van der Waals surface area contributed by atoms with Crippen molar-refractivity contribution in [3.63, 3.8) is 0 Å². The smallest absolute Gasteiger partial charge is 0.169 e. The molecule has 1 saturated carbocycles. The molecule has 2 N–H and O–H groups in total. The second kappa shape index (κ2) is 3.60. The predicted octanol–water partition coefficient (Wildman–Crippen LogP) is 2.92. The van der Waals surface area contributed by atoms with Gasteiger partial charge in [-0.05, 0) is 38.0 Å². The Labute approximate surface area is 110 Å². The lowest BCUT2D eigenvalue weighted by molar-refractivity contribution is 0.436. The lowest BCUT2D eigenvalue weighted by atomic mass is 10.1. The van der Waals surface area contributed by atoms with Gasteiger partial charge in [-0.1, -0.05) is 5.16 Å². The molecule has 0 radical (unpaired) electrons. The van der Waals surface area contributed by atoms with Gasteiger partial charge in [0.2, 0.25) is 0 Å². The van der Waals surface area contributed by atoms with Crippen molar-refractivity contribution in [2.45, 2.75) is 25.8 Å². The third-order valence-corrected chi connectivity index (χ3v) is 3.59. The first-order valence-electron chi connectivity index (χ1n) is 6.43. The zero-order valence-corrected chi connectivity index (χ0v) is 10.6. The summed E-state index contributed by atoms with van der Waals surface area (Å²) in [6.07, 6.45) is 2.51. The number of nitrogens with two attached hydrogens (primary N) is 1. The van der Waals surface area contributed by atoms with Gasteiger partial charge in [-0.15, -0.1) is 0 Å². The number of benzene rings is 1. The largest absolute Gasteiger partial charge is 0.381 e. The minimum absolute atomic E-state index is 0.398. The molecule has 2 aromatic heterocycles. The molecule has 1 aliphatic carbocycles. The van der Waals surface area contributed by atoms with E-state index in [4.69, 9.17) is 10.3 Å². The standard InChI is InChI=1S/C14H14N4O/c1-8-16-11-6-9(13-7-14(15)17-19-13)2-5-12(11)18(8)10-3-4-10/h2,5-7,10H,3-4H2,1H3,(H2,15,17). The van der Waals surface area contributed by atoms with Crippen molar-refractivity contribution in [3.05, 3.63) is 30.1 Å². The van der Waals surface area contributed by atoms with Crippen LogP contribution in [0.5, 0.6) is 0 Å². The number of hydrogen-bond donors (Lipinski definition) is 1. The van der Waals surface area contributed by atoms with Crippen LogP contribution in [0.25, 0.3) is 22.4 Å². The molecule has 2 heterocycles. The van der Waals surface area contributed by atoms with Gasteiger partial charge < -0.3 is 14.8 Å². The van der Waals surface area contributed by atoms with Crippen LogP contribution >= 0.6 is 0 Å². The van der Waals surface area contributed by atoms with E-state index in [1.807, 2.05) is 12.1 Å². The third kappa shape index (κ3) is 1.62. The molecule has 19 heavy (non-hydrogen) atoms. The average Bonchev–Trinajstić information content (AvgIpc) is 3.03. The Morgan fingerprint density at radius 1 is 1.32 bits per heavy atom. The van der Waals surface area contributed by atoms with Crippen molar-refractivity contribution >= 4 is 16.9 Å². The van der Waals surface area contributed by atoms with E-state index in [2.05, 4.69) is 27.7 Å². The van der Waals surface area contributed by atoms with E-state index >= 15 is 0 Å². The fourth-order valence-corrected chi connectivity index (χ4v) is 2.59. The highest BCUT2D eigenvalue weighted by atomic mass is 16.5. The van der Waals surface area contributed by atoms with Gasteiger partial charge in [0.1, 0.15) is 5.82 Å². The molecule has 0 bridgehead atoms. The molecule has 4 rings (SSSR count). The zero-order chi connectivity index (χ0) is 13.0. The van der Waals surface area contributed by atoms with E-state index in [-0.39, 0.29) is 0 Å². The number of anilines is 1. The number of rotatable bonds is 2. The number of nitrogens with zero attached hydrogens (tertiary/aromatic N) is 3. The summed E-state index contributed by atoms with van der Waals surface area (Å²) < 4.78 is 7.51. The van der Waals surface area contributed by atoms with Crippen LogP contribution in [0, 0.1) is 6.92 Å². The molecule has 3 aromatic rings. The van der Waals surface area contributed by atoms with Crippen LogP contribution in [0.2, 0.25) is 0 Å². The van der Waals surface area contributed by atoms with Gasteiger partial charge >= 0.3 is 0 Å². The van der Waals surface area contributed by atoms with Gasteiger partial charge in [-0.3, -0.25) is 0 Å². The lowest BCUT2D eigenvalue weighted by Gasteiger charge is -2.03. The molecule has 1 fully saturated rings. The number of aromatic nitrogens is 3. The van der Waals surface area contributed by atoms with Crippen LogP contribution in [-0.4, -0.2) is 14.7 Å². The molecule has 96 valence electrons. The lowest BCUT2D eigenvalue weighted by Crippen LogP contribution is -1.95. The topological polar surface area (TPSA) is 69.9 Å². The highest BCUT2D eigenvalue weighted by Gasteiger charge is 2.27. The van der Waals surface area contributed by atoms with Crippen LogP contribution < -0.4 is 5.73 Å². The van der Waals surface area contributed by atoms with Gasteiger partial charge in [0.25, 0.3) is 0 Å². The monoisotopic (exact) mass is 254 g/mol. The summed E-state index contributed by atoms with van der Waals surface area (Å²) in [5.74, 6) is 2.15. The van der Waals surface area contributed by atoms with Gasteiger partial charge in [0, 0.05) is 17.7 Å². The van der Waals surface area contributed by atoms with Crippen molar-refractivity contribution in [2.24, 2.45) is 0 Å². The van der Waals surface area contributed by atoms with Crippen LogP contribution in [0.3, 0.4) is 0 Å². The molecular weight excluding hydrogens is 240 g/mol. The van der Waals surface area contributed by atoms with E-state index in [9.17, 15) is 0 Å². The fraction of sp³-hybridized carbons (Fsp3) is 0.286. The second-order valence-corrected chi connectivity index (χ2v) is 5.08. The number of hydrogen-bond acceptors (Lipinski definition) is 4. The summed E-state index contributed by atoms with van der Waals surface area (Å²) in [7, 11) is 0. The maximum atomic E-state index is 5.58. The Hall–Kier alpha value is -2.30.